The lowest BCUT2D eigenvalue weighted by molar-refractivity contribution is -0.166. The molecule has 4 N–H and O–H groups in total. The molecule has 0 aromatic heterocycles. The van der Waals surface area contributed by atoms with E-state index in [0.29, 0.717) is 19.3 Å². The first-order chi connectivity index (χ1) is 11.6. The molecule has 4 heteroatoms. The minimum atomic E-state index is -1.14. The van der Waals surface area contributed by atoms with Crippen LogP contribution in [0, 0.1) is 22.7 Å². The van der Waals surface area contributed by atoms with Crippen LogP contribution in [-0.4, -0.2) is 44.3 Å². The summed E-state index contributed by atoms with van der Waals surface area (Å²) in [5.41, 5.74) is 0.763. The molecule has 8 atom stereocenters. The van der Waals surface area contributed by atoms with Crippen LogP contribution in [0.15, 0.2) is 23.3 Å². The third-order valence-electron chi connectivity index (χ3n) is 8.39. The first-order valence-corrected chi connectivity index (χ1v) is 9.81. The molecule has 0 spiro atoms. The number of allylic oxidation sites excluding steroid dienone is 2. The Hall–Kier alpha value is -0.680. The van der Waals surface area contributed by atoms with E-state index < -0.39 is 23.2 Å². The molecule has 0 aliphatic heterocycles. The lowest BCUT2D eigenvalue weighted by atomic mass is 9.49. The fourth-order valence-electron chi connectivity index (χ4n) is 6.84. The van der Waals surface area contributed by atoms with Gasteiger partial charge in [0.2, 0.25) is 0 Å². The second-order valence-electron chi connectivity index (χ2n) is 9.53. The van der Waals surface area contributed by atoms with Gasteiger partial charge in [-0.2, -0.15) is 0 Å². The Kier molecular flexibility index (Phi) is 3.84. The van der Waals surface area contributed by atoms with Gasteiger partial charge in [-0.3, -0.25) is 0 Å². The van der Waals surface area contributed by atoms with Gasteiger partial charge in [-0.15, -0.1) is 0 Å². The van der Waals surface area contributed by atoms with Gasteiger partial charge in [-0.1, -0.05) is 37.1 Å². The molecule has 0 unspecified atom stereocenters. The van der Waals surface area contributed by atoms with Crippen LogP contribution in [0.4, 0.5) is 0 Å². The Morgan fingerprint density at radius 3 is 2.52 bits per heavy atom. The molecule has 0 aromatic carbocycles. The maximum absolute atomic E-state index is 11.2. The first kappa shape index (κ1) is 17.7. The fraction of sp³-hybridized carbons (Fsp3) is 0.810. The van der Waals surface area contributed by atoms with E-state index in [1.54, 1.807) is 6.92 Å². The zero-order chi connectivity index (χ0) is 18.2. The minimum absolute atomic E-state index is 0.0643. The standard InChI is InChI=1S/C21H32O4/c1-12(22)21(25)9-7-16-15-5-4-13-10-14(23)6-8-19(13,2)18(15)17(24)11-20(16,21)3/h4-5,12,14,16-18,22-25H,6-11H2,1-3H3/t12-,14+,16+,17-,18+,19-,20+,21+/m1/s1. The molecule has 0 saturated heterocycles. The molecule has 3 fully saturated rings. The molecule has 4 rings (SSSR count). The summed E-state index contributed by atoms with van der Waals surface area (Å²) in [6, 6.07) is 0. The number of fused-ring (bicyclic) bond motifs is 5. The summed E-state index contributed by atoms with van der Waals surface area (Å²) in [5, 5.41) is 42.7. The minimum Gasteiger partial charge on any atom is -0.393 e. The van der Waals surface area contributed by atoms with Crippen molar-refractivity contribution in [3.8, 4) is 0 Å². The second-order valence-corrected chi connectivity index (χ2v) is 9.53. The van der Waals surface area contributed by atoms with Gasteiger partial charge in [-0.05, 0) is 56.8 Å². The molecule has 4 aliphatic rings. The zero-order valence-corrected chi connectivity index (χ0v) is 15.6. The molecule has 3 saturated carbocycles. The summed E-state index contributed by atoms with van der Waals surface area (Å²) >= 11 is 0. The quantitative estimate of drug-likeness (QED) is 0.586. The summed E-state index contributed by atoms with van der Waals surface area (Å²) < 4.78 is 0. The molecule has 0 heterocycles. The smallest absolute Gasteiger partial charge is 0.0962 e. The Morgan fingerprint density at radius 1 is 1.12 bits per heavy atom. The van der Waals surface area contributed by atoms with Crippen LogP contribution in [-0.2, 0) is 0 Å². The van der Waals surface area contributed by atoms with Gasteiger partial charge >= 0.3 is 0 Å². The predicted octanol–water partition coefficient (Wildman–Crippen LogP) is 2.31. The van der Waals surface area contributed by atoms with Crippen molar-refractivity contribution >= 4 is 0 Å². The van der Waals surface area contributed by atoms with Crippen molar-refractivity contribution in [3.63, 3.8) is 0 Å². The van der Waals surface area contributed by atoms with Gasteiger partial charge in [0.1, 0.15) is 0 Å². The van der Waals surface area contributed by atoms with E-state index in [0.717, 1.165) is 19.3 Å². The Labute approximate surface area is 150 Å². The van der Waals surface area contributed by atoms with Crippen LogP contribution in [0.3, 0.4) is 0 Å². The predicted molar refractivity (Wildman–Crippen MR) is 95.7 cm³/mol. The van der Waals surface area contributed by atoms with E-state index in [2.05, 4.69) is 19.1 Å². The van der Waals surface area contributed by atoms with Crippen molar-refractivity contribution in [2.24, 2.45) is 22.7 Å². The van der Waals surface area contributed by atoms with Gasteiger partial charge in [0.05, 0.1) is 23.9 Å². The molecular weight excluding hydrogens is 316 g/mol. The third kappa shape index (κ3) is 2.14. The molecule has 25 heavy (non-hydrogen) atoms. The molecule has 0 amide bonds. The number of hydrogen-bond acceptors (Lipinski definition) is 4. The van der Waals surface area contributed by atoms with Crippen molar-refractivity contribution in [1.82, 2.24) is 0 Å². The van der Waals surface area contributed by atoms with Crippen molar-refractivity contribution in [3.05, 3.63) is 23.3 Å². The first-order valence-electron chi connectivity index (χ1n) is 9.81. The van der Waals surface area contributed by atoms with Crippen LogP contribution in [0.5, 0.6) is 0 Å². The monoisotopic (exact) mass is 348 g/mol. The van der Waals surface area contributed by atoms with Crippen molar-refractivity contribution in [2.75, 3.05) is 0 Å². The normalized spacial score (nSPS) is 53.2. The van der Waals surface area contributed by atoms with Crippen LogP contribution < -0.4 is 0 Å². The maximum Gasteiger partial charge on any atom is 0.0962 e. The highest BCUT2D eigenvalue weighted by molar-refractivity contribution is 5.41. The van der Waals surface area contributed by atoms with Crippen molar-refractivity contribution in [1.29, 1.82) is 0 Å². The Balaban J connectivity index is 1.79. The van der Waals surface area contributed by atoms with Gasteiger partial charge in [0.15, 0.2) is 0 Å². The molecule has 140 valence electrons. The van der Waals surface area contributed by atoms with E-state index in [-0.39, 0.29) is 23.4 Å². The highest BCUT2D eigenvalue weighted by Gasteiger charge is 2.65. The van der Waals surface area contributed by atoms with Crippen LogP contribution in [0.25, 0.3) is 0 Å². The van der Waals surface area contributed by atoms with Crippen molar-refractivity contribution in [2.45, 2.75) is 83.2 Å². The van der Waals surface area contributed by atoms with Crippen LogP contribution >= 0.6 is 0 Å². The van der Waals surface area contributed by atoms with E-state index >= 15 is 0 Å². The summed E-state index contributed by atoms with van der Waals surface area (Å²) in [5.74, 6) is 0.261. The molecular formula is C21H32O4. The highest BCUT2D eigenvalue weighted by Crippen LogP contribution is 2.66. The topological polar surface area (TPSA) is 80.9 Å². The Morgan fingerprint density at radius 2 is 1.84 bits per heavy atom. The van der Waals surface area contributed by atoms with Crippen LogP contribution in [0.1, 0.15) is 59.3 Å². The number of rotatable bonds is 1. The third-order valence-corrected chi connectivity index (χ3v) is 8.39. The fourth-order valence-corrected chi connectivity index (χ4v) is 6.84. The average molecular weight is 348 g/mol. The molecule has 0 bridgehead atoms. The number of hydrogen-bond donors (Lipinski definition) is 4. The van der Waals surface area contributed by atoms with E-state index in [4.69, 9.17) is 0 Å². The lowest BCUT2D eigenvalue weighted by Gasteiger charge is -2.58. The number of aliphatic hydroxyl groups is 4. The van der Waals surface area contributed by atoms with E-state index in [1.165, 1.54) is 11.1 Å². The van der Waals surface area contributed by atoms with Gasteiger partial charge in [0.25, 0.3) is 0 Å². The number of aliphatic hydroxyl groups excluding tert-OH is 3. The van der Waals surface area contributed by atoms with Gasteiger partial charge in [-0.25, -0.2) is 0 Å². The van der Waals surface area contributed by atoms with Crippen molar-refractivity contribution < 1.29 is 20.4 Å². The maximum atomic E-state index is 11.2. The van der Waals surface area contributed by atoms with Crippen LogP contribution in [0.2, 0.25) is 0 Å². The summed E-state index contributed by atoms with van der Waals surface area (Å²) in [7, 11) is 0. The van der Waals surface area contributed by atoms with E-state index in [9.17, 15) is 20.4 Å². The largest absolute Gasteiger partial charge is 0.393 e. The van der Waals surface area contributed by atoms with E-state index in [1.807, 2.05) is 6.92 Å². The molecule has 4 nitrogen and oxygen atoms in total. The highest BCUT2D eigenvalue weighted by atomic mass is 16.3. The summed E-state index contributed by atoms with van der Waals surface area (Å²) in [4.78, 5) is 0. The SMILES string of the molecule is C[C@@H](O)[C@@]1(O)CC[C@H]2C3=CC=C4C[C@@H](O)CC[C@@]4(C)[C@@H]3[C@H](O)C[C@@]21C. The zero-order valence-electron chi connectivity index (χ0n) is 15.6. The molecule has 0 radical (unpaired) electrons. The van der Waals surface area contributed by atoms with Gasteiger partial charge < -0.3 is 20.4 Å². The Bertz CT molecular complexity index is 638. The second kappa shape index (κ2) is 5.41. The average Bonchev–Trinajstić information content (AvgIpc) is 2.80. The lowest BCUT2D eigenvalue weighted by Crippen LogP contribution is -2.59. The summed E-state index contributed by atoms with van der Waals surface area (Å²) in [6.07, 6.45) is 7.03. The molecule has 0 aromatic rings. The van der Waals surface area contributed by atoms with Gasteiger partial charge in [0, 0.05) is 11.3 Å². The molecule has 4 aliphatic carbocycles. The summed E-state index contributed by atoms with van der Waals surface area (Å²) in [6.45, 7) is 5.96.